The molecule has 0 spiro atoms. The van der Waals surface area contributed by atoms with Crippen molar-refractivity contribution in [2.75, 3.05) is 25.0 Å². The van der Waals surface area contributed by atoms with Crippen molar-refractivity contribution in [2.24, 2.45) is 0 Å². The molecule has 1 aliphatic heterocycles. The van der Waals surface area contributed by atoms with E-state index in [0.717, 1.165) is 0 Å². The summed E-state index contributed by atoms with van der Waals surface area (Å²) in [5.41, 5.74) is 0.523. The van der Waals surface area contributed by atoms with Gasteiger partial charge in [-0.3, -0.25) is 0 Å². The number of amides is 4. The molecule has 7 heteroatoms. The minimum Gasteiger partial charge on any atom is -0.335 e. The van der Waals surface area contributed by atoms with Gasteiger partial charge in [0.15, 0.2) is 0 Å². The van der Waals surface area contributed by atoms with Crippen molar-refractivity contribution in [3.63, 3.8) is 0 Å². The third-order valence-electron chi connectivity index (χ3n) is 3.56. The molecule has 0 radical (unpaired) electrons. The standard InChI is InChI=1S/C16H19FN4O2/c1-2-9-18-16(23)21-10-7-14(8-11-21)20-15(22)19-13-5-3-12(17)4-6-13/h1,3-6,14H,7-11H2,(H,18,23)(H2,19,20,22). The van der Waals surface area contributed by atoms with Crippen LogP contribution in [0.15, 0.2) is 24.3 Å². The lowest BCUT2D eigenvalue weighted by atomic mass is 10.1. The van der Waals surface area contributed by atoms with Crippen LogP contribution in [0.3, 0.4) is 0 Å². The number of rotatable bonds is 3. The zero-order valence-electron chi connectivity index (χ0n) is 12.6. The largest absolute Gasteiger partial charge is 0.335 e. The topological polar surface area (TPSA) is 73.5 Å². The van der Waals surface area contributed by atoms with Gasteiger partial charge in [0.05, 0.1) is 6.54 Å². The normalized spacial score (nSPS) is 14.7. The highest BCUT2D eigenvalue weighted by molar-refractivity contribution is 5.89. The van der Waals surface area contributed by atoms with E-state index in [1.807, 2.05) is 0 Å². The van der Waals surface area contributed by atoms with E-state index in [1.54, 1.807) is 4.90 Å². The van der Waals surface area contributed by atoms with Crippen molar-refractivity contribution in [3.8, 4) is 12.3 Å². The summed E-state index contributed by atoms with van der Waals surface area (Å²) in [5.74, 6) is 2.00. The van der Waals surface area contributed by atoms with E-state index in [9.17, 15) is 14.0 Å². The Morgan fingerprint density at radius 1 is 1.26 bits per heavy atom. The number of benzene rings is 1. The molecule has 1 aliphatic rings. The SMILES string of the molecule is C#CCNC(=O)N1CCC(NC(=O)Nc2ccc(F)cc2)CC1. The predicted octanol–water partition coefficient (Wildman–Crippen LogP) is 1.75. The fraction of sp³-hybridized carbons (Fsp3) is 0.375. The molecule has 0 unspecified atom stereocenters. The maximum absolute atomic E-state index is 12.8. The Bertz CT molecular complexity index is 589. The van der Waals surface area contributed by atoms with Gasteiger partial charge in [0, 0.05) is 24.8 Å². The molecule has 0 aliphatic carbocycles. The molecule has 3 N–H and O–H groups in total. The summed E-state index contributed by atoms with van der Waals surface area (Å²) in [6.07, 6.45) is 6.43. The van der Waals surface area contributed by atoms with E-state index in [4.69, 9.17) is 6.42 Å². The van der Waals surface area contributed by atoms with Crippen molar-refractivity contribution in [1.82, 2.24) is 15.5 Å². The number of hydrogen-bond donors (Lipinski definition) is 3. The Hall–Kier alpha value is -2.75. The summed E-state index contributed by atoms with van der Waals surface area (Å²) in [4.78, 5) is 25.3. The van der Waals surface area contributed by atoms with Crippen molar-refractivity contribution < 1.29 is 14.0 Å². The monoisotopic (exact) mass is 318 g/mol. The maximum atomic E-state index is 12.8. The molecule has 0 atom stereocenters. The van der Waals surface area contributed by atoms with Crippen LogP contribution in [0.5, 0.6) is 0 Å². The van der Waals surface area contributed by atoms with Crippen LogP contribution in [-0.2, 0) is 0 Å². The van der Waals surface area contributed by atoms with Gasteiger partial charge in [-0.25, -0.2) is 14.0 Å². The number of hydrogen-bond acceptors (Lipinski definition) is 2. The number of piperidine rings is 1. The zero-order chi connectivity index (χ0) is 16.7. The number of halogens is 1. The molecule has 0 aromatic heterocycles. The van der Waals surface area contributed by atoms with Gasteiger partial charge in [-0.15, -0.1) is 6.42 Å². The highest BCUT2D eigenvalue weighted by Gasteiger charge is 2.23. The Balaban J connectivity index is 1.73. The summed E-state index contributed by atoms with van der Waals surface area (Å²) >= 11 is 0. The highest BCUT2D eigenvalue weighted by Crippen LogP contribution is 2.12. The molecule has 122 valence electrons. The summed E-state index contributed by atoms with van der Waals surface area (Å²) in [6, 6.07) is 5.02. The lowest BCUT2D eigenvalue weighted by molar-refractivity contribution is 0.178. The molecule has 0 saturated carbocycles. The Kier molecular flexibility index (Phi) is 5.80. The van der Waals surface area contributed by atoms with Crippen LogP contribution in [0.2, 0.25) is 0 Å². The Morgan fingerprint density at radius 3 is 2.52 bits per heavy atom. The molecular weight excluding hydrogens is 299 g/mol. The van der Waals surface area contributed by atoms with E-state index in [0.29, 0.717) is 31.6 Å². The van der Waals surface area contributed by atoms with Crippen LogP contribution in [-0.4, -0.2) is 42.6 Å². The fourth-order valence-electron chi connectivity index (χ4n) is 2.35. The van der Waals surface area contributed by atoms with Crippen molar-refractivity contribution >= 4 is 17.7 Å². The first-order chi connectivity index (χ1) is 11.1. The van der Waals surface area contributed by atoms with Crippen molar-refractivity contribution in [1.29, 1.82) is 0 Å². The quantitative estimate of drug-likeness (QED) is 0.743. The van der Waals surface area contributed by atoms with E-state index in [1.165, 1.54) is 24.3 Å². The van der Waals surface area contributed by atoms with Crippen molar-refractivity contribution in [3.05, 3.63) is 30.1 Å². The van der Waals surface area contributed by atoms with Crippen LogP contribution < -0.4 is 16.0 Å². The second-order valence-electron chi connectivity index (χ2n) is 5.23. The number of nitrogens with one attached hydrogen (secondary N) is 3. The van der Waals surface area contributed by atoms with E-state index >= 15 is 0 Å². The van der Waals surface area contributed by atoms with Crippen molar-refractivity contribution in [2.45, 2.75) is 18.9 Å². The average molecular weight is 318 g/mol. The van der Waals surface area contributed by atoms with Crippen LogP contribution in [0.4, 0.5) is 19.7 Å². The number of nitrogens with zero attached hydrogens (tertiary/aromatic N) is 1. The molecule has 6 nitrogen and oxygen atoms in total. The van der Waals surface area contributed by atoms with Crippen LogP contribution >= 0.6 is 0 Å². The summed E-state index contributed by atoms with van der Waals surface area (Å²) in [5, 5.41) is 8.11. The molecule has 1 aromatic rings. The molecule has 1 fully saturated rings. The molecule has 4 amide bonds. The smallest absolute Gasteiger partial charge is 0.319 e. The number of urea groups is 2. The Labute approximate surface area is 134 Å². The second-order valence-corrected chi connectivity index (χ2v) is 5.23. The predicted molar refractivity (Wildman–Crippen MR) is 85.4 cm³/mol. The minimum atomic E-state index is -0.355. The molecular formula is C16H19FN4O2. The zero-order valence-corrected chi connectivity index (χ0v) is 12.6. The lowest BCUT2D eigenvalue weighted by Gasteiger charge is -2.32. The number of carbonyl (C=O) groups is 2. The molecule has 23 heavy (non-hydrogen) atoms. The van der Waals surface area contributed by atoms with E-state index in [2.05, 4.69) is 21.9 Å². The molecule has 0 bridgehead atoms. The van der Waals surface area contributed by atoms with Gasteiger partial charge in [-0.1, -0.05) is 5.92 Å². The summed E-state index contributed by atoms with van der Waals surface area (Å²) in [7, 11) is 0. The first-order valence-corrected chi connectivity index (χ1v) is 7.38. The van der Waals surface area contributed by atoms with Crippen LogP contribution in [0.1, 0.15) is 12.8 Å². The van der Waals surface area contributed by atoms with E-state index in [-0.39, 0.29) is 30.5 Å². The van der Waals surface area contributed by atoms with Gasteiger partial charge < -0.3 is 20.9 Å². The fourth-order valence-corrected chi connectivity index (χ4v) is 2.35. The Morgan fingerprint density at radius 2 is 1.91 bits per heavy atom. The molecule has 1 aromatic carbocycles. The van der Waals surface area contributed by atoms with Gasteiger partial charge in [0.2, 0.25) is 0 Å². The van der Waals surface area contributed by atoms with Crippen LogP contribution in [0, 0.1) is 18.2 Å². The lowest BCUT2D eigenvalue weighted by Crippen LogP contribution is -2.50. The van der Waals surface area contributed by atoms with Gasteiger partial charge in [-0.2, -0.15) is 0 Å². The maximum Gasteiger partial charge on any atom is 0.319 e. The number of likely N-dealkylation sites (tertiary alicyclic amines) is 1. The van der Waals surface area contributed by atoms with E-state index < -0.39 is 0 Å². The third kappa shape index (κ3) is 5.18. The minimum absolute atomic E-state index is 0.00729. The average Bonchev–Trinajstić information content (AvgIpc) is 2.55. The van der Waals surface area contributed by atoms with Gasteiger partial charge in [-0.05, 0) is 37.1 Å². The summed E-state index contributed by atoms with van der Waals surface area (Å²) < 4.78 is 12.8. The molecule has 1 heterocycles. The second kappa shape index (κ2) is 8.03. The first-order valence-electron chi connectivity index (χ1n) is 7.38. The number of terminal acetylenes is 1. The first kappa shape index (κ1) is 16.6. The van der Waals surface area contributed by atoms with Gasteiger partial charge >= 0.3 is 12.1 Å². The highest BCUT2D eigenvalue weighted by atomic mass is 19.1. The van der Waals surface area contributed by atoms with Gasteiger partial charge in [0.1, 0.15) is 5.82 Å². The summed E-state index contributed by atoms with van der Waals surface area (Å²) in [6.45, 7) is 1.31. The molecule has 1 saturated heterocycles. The number of carbonyl (C=O) groups excluding carboxylic acids is 2. The third-order valence-corrected chi connectivity index (χ3v) is 3.56. The van der Waals surface area contributed by atoms with Gasteiger partial charge in [0.25, 0.3) is 0 Å². The van der Waals surface area contributed by atoms with Crippen LogP contribution in [0.25, 0.3) is 0 Å². The number of anilines is 1. The molecule has 2 rings (SSSR count).